The second kappa shape index (κ2) is 6.29. The Morgan fingerprint density at radius 3 is 2.23 bits per heavy atom. The summed E-state index contributed by atoms with van der Waals surface area (Å²) in [4.78, 5) is 45.5. The molecule has 9 heteroatoms. The molecule has 1 unspecified atom stereocenters. The number of carboxylic acid groups (broad SMARTS) is 1. The number of carboxylic acids is 1. The number of ketones is 1. The van der Waals surface area contributed by atoms with E-state index in [0.717, 1.165) is 0 Å². The Morgan fingerprint density at radius 2 is 1.82 bits per heavy atom. The Bertz CT molecular complexity index is 495. The van der Waals surface area contributed by atoms with Gasteiger partial charge in [-0.15, -0.1) is 0 Å². The van der Waals surface area contributed by atoms with Crippen molar-refractivity contribution in [1.82, 2.24) is 10.6 Å². The predicted octanol–water partition coefficient (Wildman–Crippen LogP) is 0.152. The third-order valence-electron chi connectivity index (χ3n) is 2.74. The number of aliphatic carboxylic acids is 1. The summed E-state index contributed by atoms with van der Waals surface area (Å²) in [6.45, 7) is 4.29. The first-order valence-electron chi connectivity index (χ1n) is 6.67. The van der Waals surface area contributed by atoms with Crippen LogP contribution in [0.5, 0.6) is 0 Å². The van der Waals surface area contributed by atoms with E-state index in [4.69, 9.17) is 9.84 Å². The number of nitrogens with one attached hydrogen (secondary N) is 2. The molecule has 0 aromatic rings. The van der Waals surface area contributed by atoms with Crippen LogP contribution in [0.15, 0.2) is 0 Å². The molecule has 1 atom stereocenters. The van der Waals surface area contributed by atoms with E-state index in [0.29, 0.717) is 0 Å². The van der Waals surface area contributed by atoms with E-state index in [1.54, 1.807) is 20.8 Å². The normalized spacial score (nSPS) is 17.1. The molecule has 1 rings (SSSR count). The number of carbonyl (C=O) groups excluding carboxylic acids is 3. The van der Waals surface area contributed by atoms with Gasteiger partial charge in [0.1, 0.15) is 12.1 Å². The van der Waals surface area contributed by atoms with E-state index < -0.39 is 47.6 Å². The molecular formula is C13H19FN2O6. The van der Waals surface area contributed by atoms with Crippen LogP contribution in [0.3, 0.4) is 0 Å². The lowest BCUT2D eigenvalue weighted by molar-refractivity contribution is -0.147. The van der Waals surface area contributed by atoms with Crippen LogP contribution in [-0.2, 0) is 19.1 Å². The Labute approximate surface area is 126 Å². The second-order valence-corrected chi connectivity index (χ2v) is 6.02. The van der Waals surface area contributed by atoms with Crippen molar-refractivity contribution in [2.75, 3.05) is 6.54 Å². The predicted molar refractivity (Wildman–Crippen MR) is 71.9 cm³/mol. The van der Waals surface area contributed by atoms with E-state index in [1.165, 1.54) is 0 Å². The average molecular weight is 318 g/mol. The van der Waals surface area contributed by atoms with E-state index in [1.807, 2.05) is 5.32 Å². The number of amides is 2. The summed E-state index contributed by atoms with van der Waals surface area (Å²) in [5, 5.41) is 12.9. The minimum Gasteiger partial charge on any atom is -0.479 e. The molecule has 0 saturated heterocycles. The molecule has 22 heavy (non-hydrogen) atoms. The van der Waals surface area contributed by atoms with Crippen molar-refractivity contribution in [3.8, 4) is 0 Å². The van der Waals surface area contributed by atoms with Crippen LogP contribution in [0.1, 0.15) is 33.6 Å². The van der Waals surface area contributed by atoms with Crippen molar-refractivity contribution in [1.29, 1.82) is 0 Å². The summed E-state index contributed by atoms with van der Waals surface area (Å²) >= 11 is 0. The van der Waals surface area contributed by atoms with Gasteiger partial charge in [-0.05, 0) is 33.6 Å². The Balaban J connectivity index is 2.49. The topological polar surface area (TPSA) is 122 Å². The highest BCUT2D eigenvalue weighted by Gasteiger charge is 2.54. The molecule has 8 nitrogen and oxygen atoms in total. The van der Waals surface area contributed by atoms with Gasteiger partial charge in [0.25, 0.3) is 0 Å². The Kier molecular flexibility index (Phi) is 5.10. The average Bonchev–Trinajstić information content (AvgIpc) is 3.09. The maximum absolute atomic E-state index is 13.6. The van der Waals surface area contributed by atoms with Gasteiger partial charge in [-0.2, -0.15) is 0 Å². The molecule has 3 N–H and O–H groups in total. The van der Waals surface area contributed by atoms with Crippen LogP contribution in [0.25, 0.3) is 0 Å². The van der Waals surface area contributed by atoms with Gasteiger partial charge in [0.2, 0.25) is 11.7 Å². The zero-order valence-corrected chi connectivity index (χ0v) is 12.6. The highest BCUT2D eigenvalue weighted by molar-refractivity contribution is 6.10. The van der Waals surface area contributed by atoms with Crippen LogP contribution in [0, 0.1) is 0 Å². The van der Waals surface area contributed by atoms with Crippen molar-refractivity contribution >= 4 is 23.8 Å². The molecule has 0 aromatic carbocycles. The minimum absolute atomic E-state index is 0.0539. The van der Waals surface area contributed by atoms with Crippen LogP contribution < -0.4 is 10.6 Å². The molecule has 2 amide bonds. The van der Waals surface area contributed by atoms with Crippen LogP contribution in [0.2, 0.25) is 0 Å². The lowest BCUT2D eigenvalue weighted by atomic mass is 10.1. The fraction of sp³-hybridized carbons (Fsp3) is 0.692. The SMILES string of the molecule is CC(C)(C)OC(=O)NCC(=O)NC(C(=O)O)C(=O)C1(F)CC1. The van der Waals surface area contributed by atoms with Crippen molar-refractivity contribution in [2.24, 2.45) is 0 Å². The molecule has 0 aromatic heterocycles. The van der Waals surface area contributed by atoms with E-state index in [-0.39, 0.29) is 12.8 Å². The molecule has 0 bridgehead atoms. The van der Waals surface area contributed by atoms with Crippen LogP contribution >= 0.6 is 0 Å². The van der Waals surface area contributed by atoms with Crippen molar-refractivity contribution in [3.05, 3.63) is 0 Å². The smallest absolute Gasteiger partial charge is 0.408 e. The fourth-order valence-electron chi connectivity index (χ4n) is 1.53. The molecule has 0 heterocycles. The summed E-state index contributed by atoms with van der Waals surface area (Å²) in [6, 6.07) is -1.97. The maximum Gasteiger partial charge on any atom is 0.408 e. The van der Waals surface area contributed by atoms with Gasteiger partial charge in [0.15, 0.2) is 11.7 Å². The first-order chi connectivity index (χ1) is 9.94. The molecule has 1 fully saturated rings. The third-order valence-corrected chi connectivity index (χ3v) is 2.74. The third kappa shape index (κ3) is 5.30. The molecule has 0 spiro atoms. The number of alkyl halides is 1. The first-order valence-corrected chi connectivity index (χ1v) is 6.67. The minimum atomic E-state index is -2.17. The van der Waals surface area contributed by atoms with Crippen molar-refractivity contribution in [3.63, 3.8) is 0 Å². The standard InChI is InChI=1S/C13H19FN2O6/c1-12(2,3)22-11(21)15-6-7(17)16-8(10(19)20)9(18)13(14)4-5-13/h8H,4-6H2,1-3H3,(H,15,21)(H,16,17)(H,19,20). The van der Waals surface area contributed by atoms with Crippen molar-refractivity contribution in [2.45, 2.75) is 50.9 Å². The molecule has 1 aliphatic carbocycles. The number of hydrogen-bond acceptors (Lipinski definition) is 5. The maximum atomic E-state index is 13.6. The second-order valence-electron chi connectivity index (χ2n) is 6.02. The summed E-state index contributed by atoms with van der Waals surface area (Å²) in [7, 11) is 0. The first kappa shape index (κ1) is 17.9. The monoisotopic (exact) mass is 318 g/mol. The number of Topliss-reactive ketones (excluding diaryl/α,β-unsaturated/α-hetero) is 1. The van der Waals surface area contributed by atoms with Gasteiger partial charge in [0, 0.05) is 0 Å². The van der Waals surface area contributed by atoms with Gasteiger partial charge in [-0.1, -0.05) is 0 Å². The van der Waals surface area contributed by atoms with Crippen LogP contribution in [-0.4, -0.2) is 52.7 Å². The summed E-state index contributed by atoms with van der Waals surface area (Å²) in [6.07, 6.45) is -0.978. The van der Waals surface area contributed by atoms with E-state index in [9.17, 15) is 23.6 Å². The Hall–Kier alpha value is -2.19. The zero-order valence-electron chi connectivity index (χ0n) is 12.6. The van der Waals surface area contributed by atoms with Gasteiger partial charge in [-0.3, -0.25) is 9.59 Å². The molecule has 124 valence electrons. The molecule has 0 radical (unpaired) electrons. The van der Waals surface area contributed by atoms with Crippen molar-refractivity contribution < 1.29 is 33.4 Å². The molecule has 0 aliphatic heterocycles. The highest BCUT2D eigenvalue weighted by atomic mass is 19.1. The van der Waals surface area contributed by atoms with Gasteiger partial charge in [-0.25, -0.2) is 14.0 Å². The lowest BCUT2D eigenvalue weighted by Gasteiger charge is -2.20. The van der Waals surface area contributed by atoms with Gasteiger partial charge >= 0.3 is 12.1 Å². The van der Waals surface area contributed by atoms with E-state index >= 15 is 0 Å². The number of rotatable bonds is 6. The largest absolute Gasteiger partial charge is 0.479 e. The molecule has 1 aliphatic rings. The van der Waals surface area contributed by atoms with Gasteiger partial charge < -0.3 is 20.5 Å². The fourth-order valence-corrected chi connectivity index (χ4v) is 1.53. The van der Waals surface area contributed by atoms with E-state index in [2.05, 4.69) is 5.32 Å². The lowest BCUT2D eigenvalue weighted by Crippen LogP contribution is -2.52. The van der Waals surface area contributed by atoms with Gasteiger partial charge in [0.05, 0.1) is 0 Å². The Morgan fingerprint density at radius 1 is 1.27 bits per heavy atom. The zero-order chi connectivity index (χ0) is 17.1. The molecule has 1 saturated carbocycles. The summed E-state index contributed by atoms with van der Waals surface area (Å²) in [5.41, 5.74) is -2.93. The summed E-state index contributed by atoms with van der Waals surface area (Å²) in [5.74, 6) is -3.78. The van der Waals surface area contributed by atoms with Crippen LogP contribution in [0.4, 0.5) is 9.18 Å². The number of carbonyl (C=O) groups is 4. The number of ether oxygens (including phenoxy) is 1. The highest BCUT2D eigenvalue weighted by Crippen LogP contribution is 2.41. The number of alkyl carbamates (subject to hydrolysis) is 1. The summed E-state index contributed by atoms with van der Waals surface area (Å²) < 4.78 is 18.5. The quantitative estimate of drug-likeness (QED) is 0.599. The molecular weight excluding hydrogens is 299 g/mol. The number of hydrogen-bond donors (Lipinski definition) is 3. The number of halogens is 1.